The van der Waals surface area contributed by atoms with Crippen molar-refractivity contribution in [1.29, 1.82) is 0 Å². The van der Waals surface area contributed by atoms with Gasteiger partial charge in [0.15, 0.2) is 9.84 Å². The van der Waals surface area contributed by atoms with E-state index in [1.807, 2.05) is 0 Å². The third-order valence-corrected chi connectivity index (χ3v) is 4.02. The van der Waals surface area contributed by atoms with E-state index in [2.05, 4.69) is 4.98 Å². The summed E-state index contributed by atoms with van der Waals surface area (Å²) < 4.78 is 24.0. The van der Waals surface area contributed by atoms with Crippen molar-refractivity contribution >= 4 is 15.8 Å². The number of aromatic nitrogens is 2. The lowest BCUT2D eigenvalue weighted by molar-refractivity contribution is 0.0685. The molecule has 0 radical (unpaired) electrons. The molecule has 0 aliphatic heterocycles. The molecule has 90 valence electrons. The third kappa shape index (κ3) is 2.82. The highest BCUT2D eigenvalue weighted by Gasteiger charge is 2.15. The molecule has 0 aliphatic carbocycles. The van der Waals surface area contributed by atoms with E-state index in [4.69, 9.17) is 5.11 Å². The first-order chi connectivity index (χ1) is 7.37. The Morgan fingerprint density at radius 2 is 2.19 bits per heavy atom. The molecule has 0 saturated carbocycles. The summed E-state index contributed by atoms with van der Waals surface area (Å²) in [7, 11) is -3.10. The van der Waals surface area contributed by atoms with Crippen molar-refractivity contribution in [3.05, 3.63) is 17.7 Å². The van der Waals surface area contributed by atoms with Gasteiger partial charge in [0.05, 0.1) is 11.9 Å². The summed E-state index contributed by atoms with van der Waals surface area (Å²) in [5.41, 5.74) is 0.0174. The van der Waals surface area contributed by atoms with Gasteiger partial charge in [-0.3, -0.25) is 0 Å². The van der Waals surface area contributed by atoms with Gasteiger partial charge in [0.2, 0.25) is 0 Å². The van der Waals surface area contributed by atoms with Crippen molar-refractivity contribution in [2.45, 2.75) is 20.4 Å². The molecule has 0 saturated heterocycles. The maximum atomic E-state index is 11.3. The number of aromatic carboxylic acids is 1. The van der Waals surface area contributed by atoms with Crippen LogP contribution in [0.4, 0.5) is 0 Å². The smallest absolute Gasteiger partial charge is 0.354 e. The summed E-state index contributed by atoms with van der Waals surface area (Å²) in [6, 6.07) is 0. The molecule has 0 bridgehead atoms. The number of hydrogen-bond acceptors (Lipinski definition) is 4. The molecule has 0 fully saturated rings. The van der Waals surface area contributed by atoms with Crippen molar-refractivity contribution in [2.75, 3.05) is 11.5 Å². The Balaban J connectivity index is 2.89. The summed E-state index contributed by atoms with van der Waals surface area (Å²) in [5, 5.41) is 8.86. The number of aryl methyl sites for hydroxylation is 1. The Labute approximate surface area is 93.8 Å². The molecule has 0 aliphatic rings. The van der Waals surface area contributed by atoms with Gasteiger partial charge >= 0.3 is 5.97 Å². The van der Waals surface area contributed by atoms with Crippen LogP contribution < -0.4 is 0 Å². The van der Waals surface area contributed by atoms with Gasteiger partial charge in [0.1, 0.15) is 11.5 Å². The number of rotatable bonds is 5. The average molecular weight is 246 g/mol. The van der Waals surface area contributed by atoms with Crippen molar-refractivity contribution in [1.82, 2.24) is 9.55 Å². The molecule has 6 nitrogen and oxygen atoms in total. The van der Waals surface area contributed by atoms with Crippen molar-refractivity contribution in [3.8, 4) is 0 Å². The highest BCUT2D eigenvalue weighted by atomic mass is 32.2. The zero-order chi connectivity index (χ0) is 12.3. The lowest BCUT2D eigenvalue weighted by Crippen LogP contribution is -2.18. The lowest BCUT2D eigenvalue weighted by atomic mass is 10.4. The molecule has 0 spiro atoms. The van der Waals surface area contributed by atoms with E-state index in [1.165, 1.54) is 10.8 Å². The molecular weight excluding hydrogens is 232 g/mol. The summed E-state index contributed by atoms with van der Waals surface area (Å²) in [6.07, 6.45) is 1.23. The van der Waals surface area contributed by atoms with E-state index in [0.717, 1.165) is 0 Å². The van der Waals surface area contributed by atoms with Gasteiger partial charge in [-0.2, -0.15) is 0 Å². The van der Waals surface area contributed by atoms with Crippen LogP contribution in [0.3, 0.4) is 0 Å². The predicted molar refractivity (Wildman–Crippen MR) is 58.3 cm³/mol. The van der Waals surface area contributed by atoms with E-state index >= 15 is 0 Å². The predicted octanol–water partition coefficient (Wildman–Crippen LogP) is 0.324. The van der Waals surface area contributed by atoms with Crippen LogP contribution in [0, 0.1) is 6.92 Å². The van der Waals surface area contributed by atoms with Crippen molar-refractivity contribution < 1.29 is 18.3 Å². The summed E-state index contributed by atoms with van der Waals surface area (Å²) in [5.74, 6) is -0.609. The summed E-state index contributed by atoms with van der Waals surface area (Å²) >= 11 is 0. The fourth-order valence-electron chi connectivity index (χ4n) is 1.30. The van der Waals surface area contributed by atoms with Crippen LogP contribution in [0.25, 0.3) is 0 Å². The molecular formula is C9H14N2O4S. The van der Waals surface area contributed by atoms with Gasteiger partial charge in [-0.05, 0) is 6.92 Å². The van der Waals surface area contributed by atoms with Gasteiger partial charge in [-0.15, -0.1) is 0 Å². The number of carboxylic acid groups (broad SMARTS) is 1. The van der Waals surface area contributed by atoms with Crippen LogP contribution in [0.1, 0.15) is 23.2 Å². The zero-order valence-corrected chi connectivity index (χ0v) is 9.99. The van der Waals surface area contributed by atoms with Gasteiger partial charge in [0.25, 0.3) is 0 Å². The van der Waals surface area contributed by atoms with Gasteiger partial charge in [-0.1, -0.05) is 6.92 Å². The molecule has 0 aromatic carbocycles. The molecule has 0 amide bonds. The molecule has 7 heteroatoms. The summed E-state index contributed by atoms with van der Waals surface area (Å²) in [4.78, 5) is 14.7. The minimum atomic E-state index is -3.10. The lowest BCUT2D eigenvalue weighted by Gasteiger charge is -2.07. The van der Waals surface area contributed by atoms with E-state index < -0.39 is 15.8 Å². The number of imidazole rings is 1. The Kier molecular flexibility index (Phi) is 3.69. The van der Waals surface area contributed by atoms with Gasteiger partial charge in [-0.25, -0.2) is 18.2 Å². The van der Waals surface area contributed by atoms with Gasteiger partial charge in [0, 0.05) is 12.3 Å². The monoisotopic (exact) mass is 246 g/mol. The second kappa shape index (κ2) is 4.65. The largest absolute Gasteiger partial charge is 0.477 e. The van der Waals surface area contributed by atoms with Crippen molar-refractivity contribution in [3.63, 3.8) is 0 Å². The maximum Gasteiger partial charge on any atom is 0.354 e. The van der Waals surface area contributed by atoms with Crippen LogP contribution in [0.2, 0.25) is 0 Å². The van der Waals surface area contributed by atoms with E-state index in [1.54, 1.807) is 13.8 Å². The minimum Gasteiger partial charge on any atom is -0.477 e. The Hall–Kier alpha value is -1.37. The number of carbonyl (C=O) groups is 1. The molecule has 1 heterocycles. The second-order valence-corrected chi connectivity index (χ2v) is 5.86. The fourth-order valence-corrected chi connectivity index (χ4v) is 2.05. The Bertz CT molecular complexity index is 490. The standard InChI is InChI=1S/C9H14N2O4S/c1-3-16(14,15)5-4-11-7(2)10-6-8(11)9(12)13/h6H,3-5H2,1-2H3,(H,12,13). The quantitative estimate of drug-likeness (QED) is 0.808. The minimum absolute atomic E-state index is 0.0174. The average Bonchev–Trinajstić information content (AvgIpc) is 2.57. The number of sulfone groups is 1. The highest BCUT2D eigenvalue weighted by molar-refractivity contribution is 7.91. The molecule has 0 unspecified atom stereocenters. The number of nitrogens with zero attached hydrogens (tertiary/aromatic N) is 2. The molecule has 1 N–H and O–H groups in total. The normalized spacial score (nSPS) is 11.6. The first-order valence-electron chi connectivity index (χ1n) is 4.83. The fraction of sp³-hybridized carbons (Fsp3) is 0.556. The number of carboxylic acids is 1. The van der Waals surface area contributed by atoms with Crippen LogP contribution in [0.5, 0.6) is 0 Å². The molecule has 1 rings (SSSR count). The Morgan fingerprint density at radius 3 is 2.69 bits per heavy atom. The topological polar surface area (TPSA) is 89.3 Å². The molecule has 1 aromatic heterocycles. The Morgan fingerprint density at radius 1 is 1.56 bits per heavy atom. The first-order valence-corrected chi connectivity index (χ1v) is 6.65. The van der Waals surface area contributed by atoms with E-state index in [0.29, 0.717) is 5.82 Å². The molecule has 0 atom stereocenters. The van der Waals surface area contributed by atoms with Crippen molar-refractivity contribution in [2.24, 2.45) is 0 Å². The molecule has 1 aromatic rings. The number of hydrogen-bond donors (Lipinski definition) is 1. The summed E-state index contributed by atoms with van der Waals surface area (Å²) in [6.45, 7) is 3.34. The highest BCUT2D eigenvalue weighted by Crippen LogP contribution is 2.05. The SMILES string of the molecule is CCS(=O)(=O)CCn1c(C(=O)O)cnc1C. The van der Waals surface area contributed by atoms with Crippen LogP contribution in [0.15, 0.2) is 6.20 Å². The third-order valence-electron chi connectivity index (χ3n) is 2.34. The second-order valence-electron chi connectivity index (χ2n) is 3.38. The van der Waals surface area contributed by atoms with Crippen LogP contribution in [-0.4, -0.2) is 40.6 Å². The zero-order valence-electron chi connectivity index (χ0n) is 9.17. The maximum absolute atomic E-state index is 11.3. The van der Waals surface area contributed by atoms with Crippen LogP contribution in [-0.2, 0) is 16.4 Å². The van der Waals surface area contributed by atoms with E-state index in [-0.39, 0.29) is 23.7 Å². The molecule has 16 heavy (non-hydrogen) atoms. The van der Waals surface area contributed by atoms with Crippen LogP contribution >= 0.6 is 0 Å². The van der Waals surface area contributed by atoms with E-state index in [9.17, 15) is 13.2 Å². The van der Waals surface area contributed by atoms with Gasteiger partial charge < -0.3 is 9.67 Å². The first kappa shape index (κ1) is 12.7.